The Morgan fingerprint density at radius 1 is 1.37 bits per heavy atom. The minimum absolute atomic E-state index is 0. The van der Waals surface area contributed by atoms with E-state index >= 15 is 0 Å². The molecule has 11 heteroatoms. The molecule has 2 aromatic rings. The molecule has 0 amide bonds. The average molecular weight is 661 g/mol. The summed E-state index contributed by atoms with van der Waals surface area (Å²) in [7, 11) is 0. The summed E-state index contributed by atoms with van der Waals surface area (Å²) in [5, 5.41) is 4.72. The zero-order valence-electron chi connectivity index (χ0n) is 15.9. The van der Waals surface area contributed by atoms with Crippen molar-refractivity contribution in [2.45, 2.75) is 32.7 Å². The normalized spacial score (nSPS) is 14.2. The molecule has 2 aromatic heterocycles. The van der Waals surface area contributed by atoms with Crippen LogP contribution in [-0.4, -0.2) is 32.3 Å². The molecule has 0 unspecified atom stereocenters. The number of alkyl halides is 3. The summed E-state index contributed by atoms with van der Waals surface area (Å²) < 4.78 is 42.3. The fourth-order valence-corrected chi connectivity index (χ4v) is 2.81. The summed E-state index contributed by atoms with van der Waals surface area (Å²) in [5.74, 6) is 0.793. The van der Waals surface area contributed by atoms with Crippen LogP contribution >= 0.6 is 11.6 Å². The van der Waals surface area contributed by atoms with E-state index in [0.717, 1.165) is 5.56 Å². The van der Waals surface area contributed by atoms with Crippen LogP contribution in [0.4, 0.5) is 13.2 Å². The van der Waals surface area contributed by atoms with Gasteiger partial charge >= 0.3 is 6.36 Å². The summed E-state index contributed by atoms with van der Waals surface area (Å²) in [6.45, 7) is 6.08. The molecule has 0 atom stereocenters. The van der Waals surface area contributed by atoms with Crippen molar-refractivity contribution < 1.29 is 49.0 Å². The smallest absolute Gasteiger partial charge is 0.448 e. The molecule has 0 N–H and O–H groups in total. The van der Waals surface area contributed by atoms with E-state index < -0.39 is 6.36 Å². The molecule has 6 nitrogen and oxygen atoms in total. The van der Waals surface area contributed by atoms with Crippen LogP contribution in [0.15, 0.2) is 59.1 Å². The second-order valence-corrected chi connectivity index (χ2v) is 6.56. The predicted octanol–water partition coefficient (Wildman–Crippen LogP) is 4.63. The zero-order valence-corrected chi connectivity index (χ0v) is 20.8. The summed E-state index contributed by atoms with van der Waals surface area (Å²) in [6, 6.07) is 3.56. The zero-order chi connectivity index (χ0) is 21.0. The van der Waals surface area contributed by atoms with Gasteiger partial charge in [-0.2, -0.15) is 11.7 Å². The molecule has 1 aliphatic carbocycles. The van der Waals surface area contributed by atoms with Gasteiger partial charge < -0.3 is 9.73 Å². The number of ether oxygens (including phenoxy) is 1. The first kappa shape index (κ1) is 24.4. The average Bonchev–Trinajstić information content (AvgIpc) is 2.98. The van der Waals surface area contributed by atoms with Gasteiger partial charge in [0.05, 0.1) is 6.54 Å². The first-order valence-corrected chi connectivity index (χ1v) is 8.91. The Hall–Kier alpha value is -1.89. The summed E-state index contributed by atoms with van der Waals surface area (Å²) >= 11 is 5.89. The summed E-state index contributed by atoms with van der Waals surface area (Å²) in [5.41, 5.74) is 1.98. The maximum atomic E-state index is 12.2. The van der Waals surface area contributed by atoms with Gasteiger partial charge in [0.2, 0.25) is 0 Å². The van der Waals surface area contributed by atoms with Crippen LogP contribution in [0.1, 0.15) is 30.1 Å². The van der Waals surface area contributed by atoms with Gasteiger partial charge in [-0.3, -0.25) is 0 Å². The standard InChI is InChI=1S/C19H16ClF3N5O.U/c1-12(15-3-5-16(6-4-15)29-19(21,22)23)25-10-18-26-13(2)28(27-18)11-14-7-8-24-17(20)9-14;/h3,5,7-9H,1,4,6,11H2,2H3;/q-1;. The second kappa shape index (κ2) is 10.4. The maximum absolute atomic E-state index is 12.2. The molecule has 0 saturated carbocycles. The maximum Gasteiger partial charge on any atom is 0.572 e. The number of nitrogens with zero attached hydrogens (tertiary/aromatic N) is 5. The van der Waals surface area contributed by atoms with Crippen LogP contribution in [0.5, 0.6) is 0 Å². The van der Waals surface area contributed by atoms with E-state index in [-0.39, 0.29) is 49.1 Å². The van der Waals surface area contributed by atoms with Crippen LogP contribution in [0.2, 0.25) is 5.15 Å². The minimum Gasteiger partial charge on any atom is -0.448 e. The molecule has 156 valence electrons. The second-order valence-electron chi connectivity index (χ2n) is 6.17. The third-order valence-electron chi connectivity index (χ3n) is 4.00. The molecular formula is C19H16ClF3N5OU-. The van der Waals surface area contributed by atoms with Gasteiger partial charge in [-0.25, -0.2) is 14.6 Å². The first-order valence-electron chi connectivity index (χ1n) is 8.53. The Morgan fingerprint density at radius 3 is 2.77 bits per heavy atom. The number of rotatable bonds is 6. The monoisotopic (exact) mass is 660 g/mol. The molecule has 30 heavy (non-hydrogen) atoms. The third-order valence-corrected chi connectivity index (χ3v) is 4.21. The van der Waals surface area contributed by atoms with Crippen LogP contribution in [0, 0.1) is 38.0 Å². The van der Waals surface area contributed by atoms with Crippen molar-refractivity contribution in [2.24, 2.45) is 4.99 Å². The molecule has 3 rings (SSSR count). The molecule has 0 aromatic carbocycles. The van der Waals surface area contributed by atoms with Crippen molar-refractivity contribution in [3.05, 3.63) is 76.5 Å². The summed E-state index contributed by atoms with van der Waals surface area (Å²) in [4.78, 5) is 12.3. The molecular weight excluding hydrogens is 645 g/mol. The van der Waals surface area contributed by atoms with E-state index in [2.05, 4.69) is 37.6 Å². The number of hydrogen-bond acceptors (Lipinski definition) is 5. The Labute approximate surface area is 200 Å². The van der Waals surface area contributed by atoms with E-state index in [1.165, 1.54) is 12.2 Å². The SMILES string of the molecule is C=C(N=[C-]c1nc(C)n(Cc2ccnc(Cl)c2)n1)C1=CC=C(OC(F)(F)F)CC1.[U]. The van der Waals surface area contributed by atoms with Crippen molar-refractivity contribution in [3.63, 3.8) is 0 Å². The first-order chi connectivity index (χ1) is 13.7. The molecule has 0 bridgehead atoms. The van der Waals surface area contributed by atoms with E-state index in [9.17, 15) is 13.2 Å². The number of aryl methyl sites for hydroxylation is 1. The number of halogens is 4. The van der Waals surface area contributed by atoms with Gasteiger partial charge in [-0.1, -0.05) is 29.6 Å². The van der Waals surface area contributed by atoms with Crippen molar-refractivity contribution >= 4 is 17.8 Å². The quantitative estimate of drug-likeness (QED) is 0.258. The van der Waals surface area contributed by atoms with Crippen LogP contribution in [0.3, 0.4) is 0 Å². The van der Waals surface area contributed by atoms with Gasteiger partial charge in [-0.05, 0) is 37.1 Å². The van der Waals surface area contributed by atoms with E-state index in [1.807, 2.05) is 6.07 Å². The van der Waals surface area contributed by atoms with E-state index in [1.54, 1.807) is 23.9 Å². The molecule has 0 spiro atoms. The topological polar surface area (TPSA) is 65.2 Å². The molecule has 1 aliphatic rings. The fourth-order valence-electron chi connectivity index (χ4n) is 2.61. The molecule has 0 radical (unpaired) electrons. The van der Waals surface area contributed by atoms with E-state index in [4.69, 9.17) is 11.6 Å². The van der Waals surface area contributed by atoms with Crippen molar-refractivity contribution in [1.82, 2.24) is 19.7 Å². The van der Waals surface area contributed by atoms with Crippen LogP contribution in [0.25, 0.3) is 0 Å². The number of pyridine rings is 1. The molecule has 0 fully saturated rings. The van der Waals surface area contributed by atoms with Gasteiger partial charge in [0, 0.05) is 43.7 Å². The van der Waals surface area contributed by atoms with Crippen LogP contribution in [-0.2, 0) is 11.3 Å². The Kier molecular flexibility index (Phi) is 8.47. The number of aromatic nitrogens is 4. The Bertz CT molecular complexity index is 1010. The Balaban J connectivity index is 0.00000320. The Morgan fingerprint density at radius 2 is 2.13 bits per heavy atom. The van der Waals surface area contributed by atoms with Gasteiger partial charge in [-0.15, -0.1) is 18.7 Å². The van der Waals surface area contributed by atoms with Gasteiger partial charge in [0.1, 0.15) is 22.6 Å². The fraction of sp³-hybridized carbons (Fsp3) is 0.263. The third kappa shape index (κ3) is 7.11. The van der Waals surface area contributed by atoms with Crippen molar-refractivity contribution in [2.75, 3.05) is 0 Å². The van der Waals surface area contributed by atoms with Gasteiger partial charge in [0.15, 0.2) is 0 Å². The predicted molar refractivity (Wildman–Crippen MR) is 101 cm³/mol. The summed E-state index contributed by atoms with van der Waals surface area (Å²) in [6.07, 6.45) is 2.85. The largest absolute Gasteiger partial charge is 0.572 e. The van der Waals surface area contributed by atoms with E-state index in [0.29, 0.717) is 35.2 Å². The van der Waals surface area contributed by atoms with Gasteiger partial charge in [0.25, 0.3) is 0 Å². The number of allylic oxidation sites excluding steroid dienone is 4. The molecule has 0 saturated heterocycles. The number of hydrogen-bond donors (Lipinski definition) is 0. The van der Waals surface area contributed by atoms with Crippen LogP contribution < -0.4 is 0 Å². The molecule has 2 heterocycles. The minimum atomic E-state index is -4.69. The van der Waals surface area contributed by atoms with Crippen molar-refractivity contribution in [1.29, 1.82) is 0 Å². The van der Waals surface area contributed by atoms with Crippen molar-refractivity contribution in [3.8, 4) is 0 Å². The number of aliphatic imine (C=N–C) groups is 1. The molecule has 0 aliphatic heterocycles.